The predicted octanol–water partition coefficient (Wildman–Crippen LogP) is 2.34. The Morgan fingerprint density at radius 3 is 2.50 bits per heavy atom. The number of aliphatic hydroxyl groups is 1. The number of rotatable bonds is 2. The summed E-state index contributed by atoms with van der Waals surface area (Å²) in [7, 11) is 0. The van der Waals surface area contributed by atoms with E-state index in [-0.39, 0.29) is 11.4 Å². The summed E-state index contributed by atoms with van der Waals surface area (Å²) < 4.78 is 13.6. The summed E-state index contributed by atoms with van der Waals surface area (Å²) in [6, 6.07) is 8.97. The Morgan fingerprint density at radius 1 is 1.25 bits per heavy atom. The first kappa shape index (κ1) is 10.7. The molecule has 0 aliphatic heterocycles. The summed E-state index contributed by atoms with van der Waals surface area (Å²) in [5.41, 5.74) is 1.10. The van der Waals surface area contributed by atoms with Crippen molar-refractivity contribution in [1.82, 2.24) is 9.97 Å². The molecule has 0 aliphatic rings. The van der Waals surface area contributed by atoms with Gasteiger partial charge < -0.3 is 5.11 Å². The van der Waals surface area contributed by atoms with Crippen molar-refractivity contribution in [2.45, 2.75) is 13.0 Å². The molecule has 1 aromatic heterocycles. The van der Waals surface area contributed by atoms with Crippen LogP contribution >= 0.6 is 0 Å². The van der Waals surface area contributed by atoms with E-state index in [9.17, 15) is 9.50 Å². The number of halogens is 1. The average molecular weight is 218 g/mol. The highest BCUT2D eigenvalue weighted by Gasteiger charge is 2.11. The molecule has 16 heavy (non-hydrogen) atoms. The highest BCUT2D eigenvalue weighted by Crippen LogP contribution is 2.19. The molecule has 1 unspecified atom stereocenters. The molecule has 1 heterocycles. The maximum Gasteiger partial charge on any atom is 0.239 e. The van der Waals surface area contributed by atoms with Crippen LogP contribution in [-0.2, 0) is 0 Å². The Balaban J connectivity index is 2.45. The van der Waals surface area contributed by atoms with Crippen molar-refractivity contribution in [1.29, 1.82) is 0 Å². The summed E-state index contributed by atoms with van der Waals surface area (Å²) in [6.07, 6.45) is 0.572. The quantitative estimate of drug-likeness (QED) is 0.841. The maximum absolute atomic E-state index is 13.6. The molecule has 0 radical (unpaired) electrons. The zero-order valence-corrected chi connectivity index (χ0v) is 8.76. The Kier molecular flexibility index (Phi) is 2.92. The van der Waals surface area contributed by atoms with Crippen molar-refractivity contribution in [3.05, 3.63) is 48.2 Å². The van der Waals surface area contributed by atoms with Gasteiger partial charge in [-0.05, 0) is 6.92 Å². The SMILES string of the molecule is CC(O)c1cnc(-c2ccccc2)c(F)n1. The molecule has 4 heteroatoms. The number of benzene rings is 1. The van der Waals surface area contributed by atoms with Crippen LogP contribution in [0.25, 0.3) is 11.3 Å². The molecule has 3 nitrogen and oxygen atoms in total. The second-order valence-electron chi connectivity index (χ2n) is 3.48. The zero-order chi connectivity index (χ0) is 11.5. The van der Waals surface area contributed by atoms with Crippen LogP contribution in [0.5, 0.6) is 0 Å². The second kappa shape index (κ2) is 4.37. The van der Waals surface area contributed by atoms with Crippen molar-refractivity contribution in [2.24, 2.45) is 0 Å². The van der Waals surface area contributed by atoms with Gasteiger partial charge in [0, 0.05) is 5.56 Å². The van der Waals surface area contributed by atoms with Crippen LogP contribution in [0.1, 0.15) is 18.7 Å². The van der Waals surface area contributed by atoms with Crippen LogP contribution in [0.15, 0.2) is 36.5 Å². The third kappa shape index (κ3) is 2.06. The van der Waals surface area contributed by atoms with Crippen LogP contribution < -0.4 is 0 Å². The molecule has 82 valence electrons. The molecule has 1 N–H and O–H groups in total. The lowest BCUT2D eigenvalue weighted by molar-refractivity contribution is 0.192. The molecule has 0 saturated heterocycles. The van der Waals surface area contributed by atoms with Gasteiger partial charge in [0.15, 0.2) is 0 Å². The average Bonchev–Trinajstić information content (AvgIpc) is 2.30. The standard InChI is InChI=1S/C12H11FN2O/c1-8(16)10-7-14-11(12(13)15-10)9-5-3-2-4-6-9/h2-8,16H,1H3. The van der Waals surface area contributed by atoms with Gasteiger partial charge in [-0.3, -0.25) is 0 Å². The first-order valence-electron chi connectivity index (χ1n) is 4.94. The summed E-state index contributed by atoms with van der Waals surface area (Å²) >= 11 is 0. The molecular weight excluding hydrogens is 207 g/mol. The summed E-state index contributed by atoms with van der Waals surface area (Å²) in [5, 5.41) is 9.24. The number of hydrogen-bond acceptors (Lipinski definition) is 3. The summed E-state index contributed by atoms with van der Waals surface area (Å²) in [4.78, 5) is 7.64. The van der Waals surface area contributed by atoms with E-state index in [0.717, 1.165) is 0 Å². The fourth-order valence-electron chi connectivity index (χ4n) is 1.37. The van der Waals surface area contributed by atoms with Gasteiger partial charge in [-0.15, -0.1) is 0 Å². The van der Waals surface area contributed by atoms with Gasteiger partial charge in [0.1, 0.15) is 5.69 Å². The van der Waals surface area contributed by atoms with Crippen LogP contribution in [0.3, 0.4) is 0 Å². The van der Waals surface area contributed by atoms with Crippen molar-refractivity contribution >= 4 is 0 Å². The Labute approximate surface area is 92.6 Å². The van der Waals surface area contributed by atoms with E-state index >= 15 is 0 Å². The predicted molar refractivity (Wildman–Crippen MR) is 58.1 cm³/mol. The normalized spacial score (nSPS) is 12.4. The summed E-state index contributed by atoms with van der Waals surface area (Å²) in [5.74, 6) is -0.662. The molecule has 0 bridgehead atoms. The van der Waals surface area contributed by atoms with Gasteiger partial charge in [-0.1, -0.05) is 30.3 Å². The van der Waals surface area contributed by atoms with E-state index < -0.39 is 12.1 Å². The van der Waals surface area contributed by atoms with E-state index in [1.54, 1.807) is 24.3 Å². The number of aromatic nitrogens is 2. The molecule has 1 atom stereocenters. The molecule has 0 spiro atoms. The molecule has 2 rings (SSSR count). The fourth-order valence-corrected chi connectivity index (χ4v) is 1.37. The van der Waals surface area contributed by atoms with E-state index in [4.69, 9.17) is 0 Å². The van der Waals surface area contributed by atoms with E-state index in [1.807, 2.05) is 6.07 Å². The van der Waals surface area contributed by atoms with Gasteiger partial charge in [-0.2, -0.15) is 4.39 Å². The third-order valence-electron chi connectivity index (χ3n) is 2.22. The van der Waals surface area contributed by atoms with Crippen molar-refractivity contribution in [2.75, 3.05) is 0 Å². The van der Waals surface area contributed by atoms with E-state index in [2.05, 4.69) is 9.97 Å². The smallest absolute Gasteiger partial charge is 0.239 e. The molecule has 0 fully saturated rings. The fraction of sp³-hybridized carbons (Fsp3) is 0.167. The Hall–Kier alpha value is -1.81. The largest absolute Gasteiger partial charge is 0.387 e. The van der Waals surface area contributed by atoms with E-state index in [0.29, 0.717) is 5.56 Å². The molecule has 2 aromatic rings. The lowest BCUT2D eigenvalue weighted by Crippen LogP contribution is -2.01. The Morgan fingerprint density at radius 2 is 1.94 bits per heavy atom. The lowest BCUT2D eigenvalue weighted by Gasteiger charge is -2.06. The van der Waals surface area contributed by atoms with Crippen molar-refractivity contribution in [3.63, 3.8) is 0 Å². The number of aliphatic hydroxyl groups excluding tert-OH is 1. The highest BCUT2D eigenvalue weighted by molar-refractivity contribution is 5.58. The van der Waals surface area contributed by atoms with Gasteiger partial charge in [0.2, 0.25) is 5.95 Å². The van der Waals surface area contributed by atoms with Crippen LogP contribution in [0, 0.1) is 5.95 Å². The molecule has 1 aromatic carbocycles. The summed E-state index contributed by atoms with van der Waals surface area (Å²) in [6.45, 7) is 1.52. The van der Waals surface area contributed by atoms with Crippen molar-refractivity contribution in [3.8, 4) is 11.3 Å². The zero-order valence-electron chi connectivity index (χ0n) is 8.76. The molecule has 0 aliphatic carbocycles. The minimum atomic E-state index is -0.813. The lowest BCUT2D eigenvalue weighted by atomic mass is 10.1. The van der Waals surface area contributed by atoms with E-state index in [1.165, 1.54) is 13.1 Å². The highest BCUT2D eigenvalue weighted by atomic mass is 19.1. The van der Waals surface area contributed by atoms with Crippen LogP contribution in [0.2, 0.25) is 0 Å². The van der Waals surface area contributed by atoms with Gasteiger partial charge in [-0.25, -0.2) is 9.97 Å². The first-order chi connectivity index (χ1) is 7.68. The van der Waals surface area contributed by atoms with Crippen LogP contribution in [0.4, 0.5) is 4.39 Å². The van der Waals surface area contributed by atoms with Gasteiger partial charge in [0.25, 0.3) is 0 Å². The van der Waals surface area contributed by atoms with Gasteiger partial charge >= 0.3 is 0 Å². The Bertz CT molecular complexity index is 486. The molecule has 0 amide bonds. The minimum Gasteiger partial charge on any atom is -0.387 e. The van der Waals surface area contributed by atoms with Crippen LogP contribution in [-0.4, -0.2) is 15.1 Å². The minimum absolute atomic E-state index is 0.199. The molecular formula is C12H11FN2O. The third-order valence-corrected chi connectivity index (χ3v) is 2.22. The van der Waals surface area contributed by atoms with Gasteiger partial charge in [0.05, 0.1) is 18.0 Å². The maximum atomic E-state index is 13.6. The first-order valence-corrected chi connectivity index (χ1v) is 4.94. The topological polar surface area (TPSA) is 46.0 Å². The van der Waals surface area contributed by atoms with Crippen molar-refractivity contribution < 1.29 is 9.50 Å². The number of hydrogen-bond donors (Lipinski definition) is 1. The monoisotopic (exact) mass is 218 g/mol. The number of nitrogens with zero attached hydrogens (tertiary/aromatic N) is 2. The second-order valence-corrected chi connectivity index (χ2v) is 3.48. The molecule has 0 saturated carbocycles.